The fraction of sp³-hybridized carbons (Fsp3) is 0.0833. The van der Waals surface area contributed by atoms with Gasteiger partial charge in [-0.15, -0.1) is 13.2 Å². The molecule has 1 heterocycles. The Morgan fingerprint density at radius 3 is 2.78 bits per heavy atom. The maximum atomic E-state index is 12.0. The van der Waals surface area contributed by atoms with Crippen molar-refractivity contribution in [1.82, 2.24) is 9.55 Å². The van der Waals surface area contributed by atoms with Crippen molar-refractivity contribution in [2.45, 2.75) is 6.36 Å². The second kappa shape index (κ2) is 4.84. The standard InChI is InChI=1S/C12H7F3N2O/c13-12(14,15)18-11-3-1-2-10(8-11)4-6-17-7-5-16-9-17/h1-3,5,7-9H. The molecule has 0 unspecified atom stereocenters. The number of hydrogen-bond acceptors (Lipinski definition) is 2. The van der Waals surface area contributed by atoms with Gasteiger partial charge in [-0.2, -0.15) is 0 Å². The normalized spacial score (nSPS) is 10.6. The van der Waals surface area contributed by atoms with Gasteiger partial charge in [0.15, 0.2) is 0 Å². The third-order valence-electron chi connectivity index (χ3n) is 1.90. The number of ether oxygens (including phenoxy) is 1. The first-order valence-electron chi connectivity index (χ1n) is 4.89. The molecule has 18 heavy (non-hydrogen) atoms. The van der Waals surface area contributed by atoms with E-state index < -0.39 is 6.36 Å². The molecule has 0 atom stereocenters. The molecule has 0 radical (unpaired) electrons. The molecule has 0 bridgehead atoms. The second-order valence-electron chi connectivity index (χ2n) is 3.28. The Balaban J connectivity index is 2.17. The summed E-state index contributed by atoms with van der Waals surface area (Å²) in [6.45, 7) is 0. The topological polar surface area (TPSA) is 27.1 Å². The Labute approximate surface area is 101 Å². The lowest BCUT2D eigenvalue weighted by Crippen LogP contribution is -2.17. The third-order valence-corrected chi connectivity index (χ3v) is 1.90. The maximum Gasteiger partial charge on any atom is 0.573 e. The van der Waals surface area contributed by atoms with Gasteiger partial charge < -0.3 is 4.74 Å². The van der Waals surface area contributed by atoms with E-state index >= 15 is 0 Å². The highest BCUT2D eigenvalue weighted by Crippen LogP contribution is 2.22. The first kappa shape index (κ1) is 12.0. The lowest BCUT2D eigenvalue weighted by atomic mass is 10.2. The van der Waals surface area contributed by atoms with E-state index in [-0.39, 0.29) is 5.75 Å². The number of alkyl halides is 3. The summed E-state index contributed by atoms with van der Waals surface area (Å²) >= 11 is 0. The molecule has 6 heteroatoms. The van der Waals surface area contributed by atoms with Gasteiger partial charge in [0.25, 0.3) is 0 Å². The maximum absolute atomic E-state index is 12.0. The molecule has 0 saturated heterocycles. The van der Waals surface area contributed by atoms with Crippen LogP contribution in [0, 0.1) is 12.0 Å². The second-order valence-corrected chi connectivity index (χ2v) is 3.28. The fourth-order valence-electron chi connectivity index (χ4n) is 1.23. The van der Waals surface area contributed by atoms with Crippen molar-refractivity contribution in [3.8, 4) is 17.7 Å². The van der Waals surface area contributed by atoms with E-state index in [1.165, 1.54) is 29.1 Å². The van der Waals surface area contributed by atoms with Crippen molar-refractivity contribution in [2.75, 3.05) is 0 Å². The monoisotopic (exact) mass is 252 g/mol. The van der Waals surface area contributed by atoms with Crippen molar-refractivity contribution >= 4 is 0 Å². The first-order valence-corrected chi connectivity index (χ1v) is 4.89. The summed E-state index contributed by atoms with van der Waals surface area (Å²) in [6.07, 6.45) is -0.0274. The third kappa shape index (κ3) is 3.56. The zero-order valence-corrected chi connectivity index (χ0v) is 8.98. The van der Waals surface area contributed by atoms with E-state index in [9.17, 15) is 13.2 Å². The van der Waals surface area contributed by atoms with E-state index in [4.69, 9.17) is 0 Å². The number of nitrogens with zero attached hydrogens (tertiary/aromatic N) is 2. The summed E-state index contributed by atoms with van der Waals surface area (Å²) in [4.78, 5) is 3.79. The fourth-order valence-corrected chi connectivity index (χ4v) is 1.23. The highest BCUT2D eigenvalue weighted by Gasteiger charge is 2.30. The number of benzene rings is 1. The van der Waals surface area contributed by atoms with Crippen LogP contribution in [-0.4, -0.2) is 15.9 Å². The quantitative estimate of drug-likeness (QED) is 0.729. The van der Waals surface area contributed by atoms with Gasteiger partial charge in [-0.1, -0.05) is 6.07 Å². The average Bonchev–Trinajstić information content (AvgIpc) is 2.77. The van der Waals surface area contributed by atoms with Crippen molar-refractivity contribution in [1.29, 1.82) is 0 Å². The molecule has 0 aliphatic heterocycles. The summed E-state index contributed by atoms with van der Waals surface area (Å²) in [7, 11) is 0. The molecule has 0 saturated carbocycles. The molecule has 0 fully saturated rings. The average molecular weight is 252 g/mol. The number of halogens is 3. The highest BCUT2D eigenvalue weighted by molar-refractivity contribution is 5.39. The van der Waals surface area contributed by atoms with Gasteiger partial charge in [0.2, 0.25) is 0 Å². The van der Waals surface area contributed by atoms with Crippen LogP contribution >= 0.6 is 0 Å². The van der Waals surface area contributed by atoms with E-state index in [0.29, 0.717) is 5.56 Å². The van der Waals surface area contributed by atoms with Gasteiger partial charge in [0.1, 0.15) is 12.1 Å². The summed E-state index contributed by atoms with van der Waals surface area (Å²) in [6, 6.07) is 8.17. The van der Waals surface area contributed by atoms with Crippen molar-refractivity contribution in [2.24, 2.45) is 0 Å². The number of rotatable bonds is 1. The van der Waals surface area contributed by atoms with Crippen LogP contribution in [-0.2, 0) is 0 Å². The predicted octanol–water partition coefficient (Wildman–Crippen LogP) is 2.64. The molecule has 0 aliphatic carbocycles. The smallest absolute Gasteiger partial charge is 0.406 e. The zero-order valence-electron chi connectivity index (χ0n) is 8.98. The SMILES string of the molecule is FC(F)(F)Oc1cccc(C#Cn2ccnc2)c1. The Morgan fingerprint density at radius 2 is 2.11 bits per heavy atom. The lowest BCUT2D eigenvalue weighted by molar-refractivity contribution is -0.274. The van der Waals surface area contributed by atoms with Gasteiger partial charge in [0, 0.05) is 24.0 Å². The highest BCUT2D eigenvalue weighted by atomic mass is 19.4. The van der Waals surface area contributed by atoms with Crippen LogP contribution in [0.15, 0.2) is 43.0 Å². The molecule has 0 spiro atoms. The molecule has 0 amide bonds. The van der Waals surface area contributed by atoms with E-state index in [1.54, 1.807) is 18.5 Å². The molecule has 92 valence electrons. The van der Waals surface area contributed by atoms with Crippen LogP contribution in [0.3, 0.4) is 0 Å². The van der Waals surface area contributed by atoms with Gasteiger partial charge in [-0.05, 0) is 24.1 Å². The van der Waals surface area contributed by atoms with E-state index in [1.807, 2.05) is 0 Å². The van der Waals surface area contributed by atoms with Gasteiger partial charge in [0.05, 0.1) is 0 Å². The van der Waals surface area contributed by atoms with Crippen LogP contribution in [0.25, 0.3) is 0 Å². The largest absolute Gasteiger partial charge is 0.573 e. The molecule has 2 rings (SSSR count). The molecular weight excluding hydrogens is 245 g/mol. The Kier molecular flexibility index (Phi) is 3.24. The number of hydrogen-bond donors (Lipinski definition) is 0. The van der Waals surface area contributed by atoms with Crippen molar-refractivity contribution in [3.63, 3.8) is 0 Å². The molecule has 1 aromatic heterocycles. The lowest BCUT2D eigenvalue weighted by Gasteiger charge is -2.08. The number of aromatic nitrogens is 2. The van der Waals surface area contributed by atoms with E-state index in [0.717, 1.165) is 0 Å². The van der Waals surface area contributed by atoms with Gasteiger partial charge in [-0.3, -0.25) is 4.57 Å². The first-order chi connectivity index (χ1) is 8.53. The van der Waals surface area contributed by atoms with Crippen LogP contribution in [0.1, 0.15) is 5.56 Å². The molecule has 3 nitrogen and oxygen atoms in total. The molecule has 0 N–H and O–H groups in total. The number of imidazole rings is 1. The van der Waals surface area contributed by atoms with Gasteiger partial charge >= 0.3 is 6.36 Å². The minimum atomic E-state index is -4.70. The van der Waals surface area contributed by atoms with Crippen LogP contribution in [0.4, 0.5) is 13.2 Å². The van der Waals surface area contributed by atoms with Crippen molar-refractivity contribution in [3.05, 3.63) is 48.5 Å². The van der Waals surface area contributed by atoms with Crippen LogP contribution in [0.5, 0.6) is 5.75 Å². The Bertz CT molecular complexity index is 579. The summed E-state index contributed by atoms with van der Waals surface area (Å²) in [5.41, 5.74) is 0.422. The minimum absolute atomic E-state index is 0.292. The molecular formula is C12H7F3N2O. The summed E-state index contributed by atoms with van der Waals surface area (Å²) in [5.74, 6) is 2.41. The molecule has 0 aliphatic rings. The molecule has 1 aromatic carbocycles. The summed E-state index contributed by atoms with van der Waals surface area (Å²) < 4.78 is 41.3. The van der Waals surface area contributed by atoms with Crippen molar-refractivity contribution < 1.29 is 17.9 Å². The summed E-state index contributed by atoms with van der Waals surface area (Å²) in [5, 5.41) is 0. The Hall–Kier alpha value is -2.42. The zero-order chi connectivity index (χ0) is 13.0. The van der Waals surface area contributed by atoms with E-state index in [2.05, 4.69) is 21.7 Å². The Morgan fingerprint density at radius 1 is 1.28 bits per heavy atom. The predicted molar refractivity (Wildman–Crippen MR) is 57.6 cm³/mol. The minimum Gasteiger partial charge on any atom is -0.406 e. The molecule has 2 aromatic rings. The van der Waals surface area contributed by atoms with Crippen LogP contribution < -0.4 is 4.74 Å². The van der Waals surface area contributed by atoms with Crippen LogP contribution in [0.2, 0.25) is 0 Å². The van der Waals surface area contributed by atoms with Gasteiger partial charge in [-0.25, -0.2) is 4.98 Å².